The highest BCUT2D eigenvalue weighted by Gasteiger charge is 1.87. The molecule has 0 aromatic carbocycles. The van der Waals surface area contributed by atoms with Gasteiger partial charge in [-0.1, -0.05) is 11.6 Å². The van der Waals surface area contributed by atoms with Gasteiger partial charge in [-0.3, -0.25) is 5.43 Å². The molecule has 0 aromatic heterocycles. The number of hydrogen-bond acceptors (Lipinski definition) is 1. The number of halogens is 1. The number of nitrogens with one attached hydrogen (secondary N) is 1. The highest BCUT2D eigenvalue weighted by atomic mass is 35.5. The van der Waals surface area contributed by atoms with Crippen LogP contribution < -0.4 is 10.9 Å². The van der Waals surface area contributed by atoms with Crippen molar-refractivity contribution in [3.63, 3.8) is 0 Å². The smallest absolute Gasteiger partial charge is 0.0659 e. The van der Waals surface area contributed by atoms with E-state index in [1.54, 1.807) is 18.5 Å². The second-order valence-electron chi connectivity index (χ2n) is 1.11. The molecule has 0 fully saturated rings. The fraction of sp³-hybridized carbons (Fsp3) is 0. The maximum atomic E-state index is 5.46. The lowest BCUT2D eigenvalue weighted by atomic mass is 10.5. The molecule has 0 aromatic rings. The first-order valence-corrected chi connectivity index (χ1v) is 2.25. The van der Waals surface area contributed by atoms with Gasteiger partial charge in [0.2, 0.25) is 0 Å². The molecule has 0 amide bonds. The van der Waals surface area contributed by atoms with E-state index < -0.39 is 0 Å². The average Bonchev–Trinajstić information content (AvgIpc) is 1.69. The molecule has 0 saturated carbocycles. The van der Waals surface area contributed by atoms with Gasteiger partial charge in [-0.2, -0.15) is 5.43 Å². The van der Waals surface area contributed by atoms with E-state index in [0.717, 1.165) is 0 Å². The van der Waals surface area contributed by atoms with E-state index in [0.29, 0.717) is 5.03 Å². The first-order valence-electron chi connectivity index (χ1n) is 1.87. The van der Waals surface area contributed by atoms with Gasteiger partial charge >= 0.3 is 0 Å². The Bertz CT molecular complexity index is 117. The van der Waals surface area contributed by atoms with Gasteiger partial charge < -0.3 is 0 Å². The summed E-state index contributed by atoms with van der Waals surface area (Å²) in [5.74, 6) is 0. The summed E-state index contributed by atoms with van der Waals surface area (Å²) < 4.78 is 0. The van der Waals surface area contributed by atoms with Gasteiger partial charge in [0.05, 0.1) is 11.2 Å². The normalized spacial score (nSPS) is 17.0. The zero-order valence-corrected chi connectivity index (χ0v) is 4.31. The summed E-state index contributed by atoms with van der Waals surface area (Å²) >= 11 is 5.46. The summed E-state index contributed by atoms with van der Waals surface area (Å²) in [6.07, 6.45) is 4.94. The topological polar surface area (TPSA) is 26.1 Å². The molecule has 0 saturated heterocycles. The number of rotatable bonds is 0. The van der Waals surface area contributed by atoms with Crippen LogP contribution >= 0.6 is 11.6 Å². The highest BCUT2D eigenvalue weighted by Crippen LogP contribution is 2.01. The minimum atomic E-state index is 0.652. The largest absolute Gasteiger partial charge is 0.286 e. The molecule has 0 unspecified atom stereocenters. The van der Waals surface area contributed by atoms with Gasteiger partial charge in [-0.15, -0.1) is 0 Å². The van der Waals surface area contributed by atoms with Crippen LogP contribution in [0.15, 0.2) is 23.5 Å². The van der Waals surface area contributed by atoms with Crippen LogP contribution in [0.4, 0.5) is 0 Å². The van der Waals surface area contributed by atoms with E-state index in [1.165, 1.54) is 0 Å². The first-order chi connectivity index (χ1) is 3.39. The summed E-state index contributed by atoms with van der Waals surface area (Å²) in [6, 6.07) is 0. The van der Waals surface area contributed by atoms with Crippen LogP contribution in [-0.2, 0) is 0 Å². The Kier molecular flexibility index (Phi) is 1.22. The van der Waals surface area contributed by atoms with Crippen LogP contribution in [0.3, 0.4) is 0 Å². The van der Waals surface area contributed by atoms with Crippen molar-refractivity contribution in [3.8, 4) is 0 Å². The minimum absolute atomic E-state index is 0.652. The molecule has 0 spiro atoms. The van der Waals surface area contributed by atoms with Gasteiger partial charge in [0.15, 0.2) is 0 Å². The fourth-order valence-corrected chi connectivity index (χ4v) is 0.414. The van der Waals surface area contributed by atoms with Crippen molar-refractivity contribution < 1.29 is 0 Å². The van der Waals surface area contributed by atoms with E-state index >= 15 is 0 Å². The van der Waals surface area contributed by atoms with Crippen LogP contribution in [-0.4, -0.2) is 0 Å². The summed E-state index contributed by atoms with van der Waals surface area (Å²) in [7, 11) is 0. The fourth-order valence-electron chi connectivity index (χ4n) is 0.302. The van der Waals surface area contributed by atoms with Crippen molar-refractivity contribution in [1.82, 2.24) is 10.9 Å². The van der Waals surface area contributed by atoms with Gasteiger partial charge in [-0.05, 0) is 6.08 Å². The van der Waals surface area contributed by atoms with Crippen molar-refractivity contribution in [1.29, 1.82) is 0 Å². The quantitative estimate of drug-likeness (QED) is 0.494. The standard InChI is InChI=1S/C4H4ClN2/c5-4-1-2-6-7-3-4/h1-3,6H. The molecule has 3 heteroatoms. The van der Waals surface area contributed by atoms with E-state index in [1.807, 2.05) is 0 Å². The molecule has 1 aliphatic heterocycles. The Balaban J connectivity index is 2.58. The average molecular weight is 116 g/mol. The molecule has 37 valence electrons. The number of hydrogen-bond donors (Lipinski definition) is 1. The molecule has 1 heterocycles. The SMILES string of the molecule is ClC1=C[N]NC=C1. The Morgan fingerprint density at radius 1 is 1.71 bits per heavy atom. The summed E-state index contributed by atoms with van der Waals surface area (Å²) in [5, 5.41) is 0.652. The zero-order valence-electron chi connectivity index (χ0n) is 3.56. The van der Waals surface area contributed by atoms with E-state index in [2.05, 4.69) is 10.9 Å². The van der Waals surface area contributed by atoms with E-state index in [4.69, 9.17) is 11.6 Å². The lowest BCUT2D eigenvalue weighted by Crippen LogP contribution is -2.14. The third-order valence-corrected chi connectivity index (χ3v) is 0.803. The van der Waals surface area contributed by atoms with Crippen molar-refractivity contribution in [2.75, 3.05) is 0 Å². The Labute approximate surface area is 46.8 Å². The molecule has 0 bridgehead atoms. The number of nitrogens with zero attached hydrogens (tertiary/aromatic N) is 1. The third-order valence-electron chi connectivity index (χ3n) is 0.580. The van der Waals surface area contributed by atoms with Crippen molar-refractivity contribution in [3.05, 3.63) is 23.5 Å². The van der Waals surface area contributed by atoms with Gasteiger partial charge in [0.25, 0.3) is 0 Å². The Morgan fingerprint density at radius 3 is 2.86 bits per heavy atom. The lowest BCUT2D eigenvalue weighted by molar-refractivity contribution is 0.748. The molecule has 0 aliphatic carbocycles. The summed E-state index contributed by atoms with van der Waals surface area (Å²) in [4.78, 5) is 0. The predicted molar refractivity (Wildman–Crippen MR) is 28.3 cm³/mol. The monoisotopic (exact) mass is 115 g/mol. The second kappa shape index (κ2) is 1.89. The number of allylic oxidation sites excluding steroid dienone is 2. The van der Waals surface area contributed by atoms with Gasteiger partial charge in [0, 0.05) is 6.20 Å². The van der Waals surface area contributed by atoms with E-state index in [9.17, 15) is 0 Å². The predicted octanol–water partition coefficient (Wildman–Crippen LogP) is 0.703. The molecule has 0 atom stereocenters. The molecular formula is C4H4ClN2. The van der Waals surface area contributed by atoms with Crippen LogP contribution in [0.25, 0.3) is 0 Å². The highest BCUT2D eigenvalue weighted by molar-refractivity contribution is 6.31. The maximum absolute atomic E-state index is 5.46. The molecule has 1 N–H and O–H groups in total. The molecular weight excluding hydrogens is 112 g/mol. The van der Waals surface area contributed by atoms with Crippen LogP contribution in [0.2, 0.25) is 0 Å². The lowest BCUT2D eigenvalue weighted by Gasteiger charge is -1.98. The van der Waals surface area contributed by atoms with E-state index in [-0.39, 0.29) is 0 Å². The summed E-state index contributed by atoms with van der Waals surface area (Å²) in [6.45, 7) is 0. The van der Waals surface area contributed by atoms with Crippen LogP contribution in [0.5, 0.6) is 0 Å². The Hall–Kier alpha value is -0.630. The molecule has 1 rings (SSSR count). The molecule has 7 heavy (non-hydrogen) atoms. The Morgan fingerprint density at radius 2 is 2.57 bits per heavy atom. The maximum Gasteiger partial charge on any atom is 0.0659 e. The van der Waals surface area contributed by atoms with Crippen molar-refractivity contribution in [2.24, 2.45) is 0 Å². The minimum Gasteiger partial charge on any atom is -0.286 e. The van der Waals surface area contributed by atoms with Gasteiger partial charge in [-0.25, -0.2) is 0 Å². The summed E-state index contributed by atoms with van der Waals surface area (Å²) in [5.41, 5.74) is 6.23. The van der Waals surface area contributed by atoms with Gasteiger partial charge in [0.1, 0.15) is 0 Å². The second-order valence-corrected chi connectivity index (χ2v) is 1.54. The van der Waals surface area contributed by atoms with Crippen molar-refractivity contribution >= 4 is 11.6 Å². The molecule has 1 aliphatic rings. The first kappa shape index (κ1) is 4.53. The van der Waals surface area contributed by atoms with Crippen LogP contribution in [0.1, 0.15) is 0 Å². The van der Waals surface area contributed by atoms with Crippen LogP contribution in [0, 0.1) is 0 Å². The zero-order chi connectivity index (χ0) is 5.11. The molecule has 1 radical (unpaired) electrons. The molecule has 2 nitrogen and oxygen atoms in total. The van der Waals surface area contributed by atoms with Crippen molar-refractivity contribution in [2.45, 2.75) is 0 Å². The third kappa shape index (κ3) is 1.12.